The van der Waals surface area contributed by atoms with Crippen molar-refractivity contribution in [2.75, 3.05) is 11.9 Å². The van der Waals surface area contributed by atoms with Crippen molar-refractivity contribution in [3.63, 3.8) is 0 Å². The summed E-state index contributed by atoms with van der Waals surface area (Å²) >= 11 is 1.68. The minimum absolute atomic E-state index is 0.0631. The molecule has 0 aliphatic heterocycles. The van der Waals surface area contributed by atoms with Crippen LogP contribution in [-0.2, 0) is 6.42 Å². The van der Waals surface area contributed by atoms with Crippen LogP contribution < -0.4 is 10.6 Å². The van der Waals surface area contributed by atoms with E-state index in [4.69, 9.17) is 0 Å². The quantitative estimate of drug-likeness (QED) is 0.622. The van der Waals surface area contributed by atoms with Crippen LogP contribution in [0.1, 0.15) is 23.4 Å². The number of nitrogens with one attached hydrogen (secondary N) is 2. The number of carbonyl (C=O) groups excluding carboxylic acids is 1. The first-order valence-electron chi connectivity index (χ1n) is 8.86. The Morgan fingerprint density at radius 3 is 2.63 bits per heavy atom. The standard InChI is InChI=1S/C20H19F2N3OS/c21-20(22)12-14(20)9-10-23-19(26)24-15-7-5-13(6-8-15)11-18-25-16-3-1-2-4-17(16)27-18/h1-8,14H,9-12H2,(H2,23,24,26). The summed E-state index contributed by atoms with van der Waals surface area (Å²) in [6.45, 7) is 0.252. The van der Waals surface area contributed by atoms with E-state index in [1.807, 2.05) is 42.5 Å². The number of nitrogens with zero attached hydrogens (tertiary/aromatic N) is 1. The van der Waals surface area contributed by atoms with Gasteiger partial charge in [-0.1, -0.05) is 24.3 Å². The molecule has 27 heavy (non-hydrogen) atoms. The van der Waals surface area contributed by atoms with Gasteiger partial charge in [0, 0.05) is 31.0 Å². The van der Waals surface area contributed by atoms with Crippen LogP contribution in [0.2, 0.25) is 0 Å². The fourth-order valence-electron chi connectivity index (χ4n) is 2.99. The molecule has 1 atom stereocenters. The third kappa shape index (κ3) is 4.42. The molecule has 0 saturated heterocycles. The van der Waals surface area contributed by atoms with Gasteiger partial charge in [0.15, 0.2) is 0 Å². The summed E-state index contributed by atoms with van der Waals surface area (Å²) in [7, 11) is 0. The number of alkyl halides is 2. The van der Waals surface area contributed by atoms with E-state index in [1.165, 1.54) is 4.70 Å². The fourth-order valence-corrected chi connectivity index (χ4v) is 4.00. The molecule has 1 aliphatic rings. The number of carbonyl (C=O) groups is 1. The van der Waals surface area contributed by atoms with Gasteiger partial charge in [0.1, 0.15) is 0 Å². The molecule has 0 radical (unpaired) electrons. The van der Waals surface area contributed by atoms with E-state index in [1.54, 1.807) is 11.3 Å². The largest absolute Gasteiger partial charge is 0.338 e. The SMILES string of the molecule is O=C(NCCC1CC1(F)F)Nc1ccc(Cc2nc3ccccc3s2)cc1. The van der Waals surface area contributed by atoms with E-state index in [-0.39, 0.29) is 19.0 Å². The molecule has 2 amide bonds. The average molecular weight is 387 g/mol. The van der Waals surface area contributed by atoms with Gasteiger partial charge in [-0.3, -0.25) is 0 Å². The summed E-state index contributed by atoms with van der Waals surface area (Å²) < 4.78 is 26.8. The topological polar surface area (TPSA) is 54.0 Å². The fraction of sp³-hybridized carbons (Fsp3) is 0.300. The Hall–Kier alpha value is -2.54. The first kappa shape index (κ1) is 17.9. The maximum atomic E-state index is 12.8. The number of amides is 2. The van der Waals surface area contributed by atoms with Gasteiger partial charge >= 0.3 is 6.03 Å². The number of aromatic nitrogens is 1. The van der Waals surface area contributed by atoms with Crippen molar-refractivity contribution in [2.45, 2.75) is 25.2 Å². The number of hydrogen-bond donors (Lipinski definition) is 2. The van der Waals surface area contributed by atoms with Crippen LogP contribution in [0.25, 0.3) is 10.2 Å². The lowest BCUT2D eigenvalue weighted by atomic mass is 10.1. The van der Waals surface area contributed by atoms with Crippen molar-refractivity contribution in [1.82, 2.24) is 10.3 Å². The Kier molecular flexibility index (Phi) is 4.78. The normalized spacial score (nSPS) is 17.6. The Bertz CT molecular complexity index is 922. The lowest BCUT2D eigenvalue weighted by molar-refractivity contribution is 0.0971. The minimum atomic E-state index is -2.53. The predicted octanol–water partition coefficient (Wildman–Crippen LogP) is 5.05. The van der Waals surface area contributed by atoms with Gasteiger partial charge in [0.25, 0.3) is 5.92 Å². The van der Waals surface area contributed by atoms with Crippen LogP contribution in [-0.4, -0.2) is 23.5 Å². The predicted molar refractivity (Wildman–Crippen MR) is 104 cm³/mol. The number of para-hydroxylation sites is 1. The molecular formula is C20H19F2N3OS. The van der Waals surface area contributed by atoms with Crippen LogP contribution in [0, 0.1) is 5.92 Å². The highest BCUT2D eigenvalue weighted by Crippen LogP contribution is 2.50. The van der Waals surface area contributed by atoms with Crippen LogP contribution in [0.3, 0.4) is 0 Å². The average Bonchev–Trinajstić information content (AvgIpc) is 3.06. The molecule has 0 bridgehead atoms. The third-order valence-electron chi connectivity index (χ3n) is 4.64. The van der Waals surface area contributed by atoms with Crippen LogP contribution in [0.15, 0.2) is 48.5 Å². The van der Waals surface area contributed by atoms with Crippen molar-refractivity contribution < 1.29 is 13.6 Å². The molecular weight excluding hydrogens is 368 g/mol. The molecule has 1 unspecified atom stereocenters. The summed E-state index contributed by atoms with van der Waals surface area (Å²) in [4.78, 5) is 16.5. The van der Waals surface area contributed by atoms with E-state index in [9.17, 15) is 13.6 Å². The molecule has 1 fully saturated rings. The lowest BCUT2D eigenvalue weighted by Crippen LogP contribution is -2.30. The molecule has 2 aromatic carbocycles. The Morgan fingerprint density at radius 2 is 1.93 bits per heavy atom. The van der Waals surface area contributed by atoms with E-state index in [2.05, 4.69) is 21.7 Å². The molecule has 1 aliphatic carbocycles. The van der Waals surface area contributed by atoms with Crippen LogP contribution in [0.4, 0.5) is 19.3 Å². The molecule has 4 rings (SSSR count). The number of fused-ring (bicyclic) bond motifs is 1. The van der Waals surface area contributed by atoms with E-state index < -0.39 is 11.8 Å². The van der Waals surface area contributed by atoms with E-state index >= 15 is 0 Å². The lowest BCUT2D eigenvalue weighted by Gasteiger charge is -2.08. The zero-order valence-electron chi connectivity index (χ0n) is 14.5. The van der Waals surface area contributed by atoms with Crippen LogP contribution in [0.5, 0.6) is 0 Å². The molecule has 7 heteroatoms. The number of benzene rings is 2. The number of urea groups is 1. The maximum absolute atomic E-state index is 12.8. The van der Waals surface area contributed by atoms with Gasteiger partial charge in [-0.15, -0.1) is 11.3 Å². The number of halogens is 2. The van der Waals surface area contributed by atoms with Gasteiger partial charge in [-0.2, -0.15) is 0 Å². The number of rotatable bonds is 6. The van der Waals surface area contributed by atoms with Crippen molar-refractivity contribution in [3.05, 3.63) is 59.1 Å². The van der Waals surface area contributed by atoms with E-state index in [0.29, 0.717) is 12.1 Å². The molecule has 1 saturated carbocycles. The van der Waals surface area contributed by atoms with E-state index in [0.717, 1.165) is 22.5 Å². The first-order valence-corrected chi connectivity index (χ1v) is 9.67. The minimum Gasteiger partial charge on any atom is -0.338 e. The Balaban J connectivity index is 1.27. The monoisotopic (exact) mass is 387 g/mol. The summed E-state index contributed by atoms with van der Waals surface area (Å²) in [6, 6.07) is 15.2. The molecule has 1 heterocycles. The van der Waals surface area contributed by atoms with Gasteiger partial charge in [-0.25, -0.2) is 18.6 Å². The number of thiazole rings is 1. The van der Waals surface area contributed by atoms with Crippen molar-refractivity contribution in [2.24, 2.45) is 5.92 Å². The Morgan fingerprint density at radius 1 is 1.19 bits per heavy atom. The molecule has 0 spiro atoms. The highest BCUT2D eigenvalue weighted by molar-refractivity contribution is 7.18. The summed E-state index contributed by atoms with van der Waals surface area (Å²) in [5, 5.41) is 6.38. The van der Waals surface area contributed by atoms with Gasteiger partial charge in [-0.05, 0) is 36.2 Å². The Labute approximate surface area is 159 Å². The van der Waals surface area contributed by atoms with Gasteiger partial charge in [0.05, 0.1) is 15.2 Å². The third-order valence-corrected chi connectivity index (χ3v) is 5.68. The number of hydrogen-bond acceptors (Lipinski definition) is 3. The first-order chi connectivity index (χ1) is 13.0. The van der Waals surface area contributed by atoms with Crippen LogP contribution >= 0.6 is 11.3 Å². The second kappa shape index (κ2) is 7.23. The second-order valence-corrected chi connectivity index (χ2v) is 7.90. The second-order valence-electron chi connectivity index (χ2n) is 6.78. The summed E-state index contributed by atoms with van der Waals surface area (Å²) in [5.74, 6) is -3.11. The van der Waals surface area contributed by atoms with Crippen molar-refractivity contribution in [3.8, 4) is 0 Å². The van der Waals surface area contributed by atoms with Crippen molar-refractivity contribution >= 4 is 33.3 Å². The molecule has 4 nitrogen and oxygen atoms in total. The van der Waals surface area contributed by atoms with Gasteiger partial charge in [0.2, 0.25) is 0 Å². The zero-order valence-corrected chi connectivity index (χ0v) is 15.4. The highest BCUT2D eigenvalue weighted by atomic mass is 32.1. The number of anilines is 1. The molecule has 3 aromatic rings. The molecule has 2 N–H and O–H groups in total. The zero-order chi connectivity index (χ0) is 18.9. The molecule has 1 aromatic heterocycles. The molecule has 140 valence electrons. The highest BCUT2D eigenvalue weighted by Gasteiger charge is 2.55. The van der Waals surface area contributed by atoms with Gasteiger partial charge < -0.3 is 10.6 Å². The smallest absolute Gasteiger partial charge is 0.319 e. The maximum Gasteiger partial charge on any atom is 0.319 e. The van der Waals surface area contributed by atoms with Crippen molar-refractivity contribution in [1.29, 1.82) is 0 Å². The summed E-state index contributed by atoms with van der Waals surface area (Å²) in [5.41, 5.74) is 2.78. The summed E-state index contributed by atoms with van der Waals surface area (Å²) in [6.07, 6.45) is 0.982.